The highest BCUT2D eigenvalue weighted by Crippen LogP contribution is 2.27. The minimum absolute atomic E-state index is 0.0956. The summed E-state index contributed by atoms with van der Waals surface area (Å²) in [5.41, 5.74) is 1.08. The van der Waals surface area contributed by atoms with Crippen LogP contribution in [0.4, 0.5) is 0 Å². The topological polar surface area (TPSA) is 80.8 Å². The van der Waals surface area contributed by atoms with Crippen molar-refractivity contribution in [3.05, 3.63) is 65.2 Å². The summed E-state index contributed by atoms with van der Waals surface area (Å²) in [6.45, 7) is 1.45. The van der Waals surface area contributed by atoms with Gasteiger partial charge in [0.05, 0.1) is 11.1 Å². The van der Waals surface area contributed by atoms with Gasteiger partial charge in [-0.1, -0.05) is 12.1 Å². The monoisotopic (exact) mass is 397 g/mol. The van der Waals surface area contributed by atoms with Gasteiger partial charge in [0, 0.05) is 5.56 Å². The SMILES string of the molecule is CSCCC(C(=O)Oc1ccc(C(C)=O)cc1)N1C(=O)c2ccccc2C1=O. The average Bonchev–Trinajstić information content (AvgIpc) is 2.94. The van der Waals surface area contributed by atoms with Crippen LogP contribution in [-0.4, -0.2) is 46.5 Å². The lowest BCUT2D eigenvalue weighted by Gasteiger charge is -2.24. The van der Waals surface area contributed by atoms with Crippen LogP contribution >= 0.6 is 11.8 Å². The van der Waals surface area contributed by atoms with Crippen LogP contribution in [0.5, 0.6) is 5.75 Å². The molecule has 1 heterocycles. The summed E-state index contributed by atoms with van der Waals surface area (Å²) in [7, 11) is 0. The van der Waals surface area contributed by atoms with Gasteiger partial charge >= 0.3 is 5.97 Å². The third-order valence-corrected chi connectivity index (χ3v) is 5.13. The maximum Gasteiger partial charge on any atom is 0.334 e. The number of ether oxygens (including phenoxy) is 1. The minimum Gasteiger partial charge on any atom is -0.425 e. The first kappa shape index (κ1) is 19.8. The summed E-state index contributed by atoms with van der Waals surface area (Å²) in [5, 5.41) is 0. The van der Waals surface area contributed by atoms with E-state index in [4.69, 9.17) is 4.74 Å². The van der Waals surface area contributed by atoms with Gasteiger partial charge in [0.1, 0.15) is 11.8 Å². The van der Waals surface area contributed by atoms with Crippen molar-refractivity contribution in [3.8, 4) is 5.75 Å². The number of amides is 2. The lowest BCUT2D eigenvalue weighted by atomic mass is 10.1. The number of benzene rings is 2. The number of hydrogen-bond donors (Lipinski definition) is 0. The lowest BCUT2D eigenvalue weighted by Crippen LogP contribution is -2.47. The van der Waals surface area contributed by atoms with Gasteiger partial charge in [0.25, 0.3) is 11.8 Å². The molecule has 0 fully saturated rings. The van der Waals surface area contributed by atoms with E-state index in [-0.39, 0.29) is 18.0 Å². The second-order valence-electron chi connectivity index (χ2n) is 6.32. The molecule has 3 rings (SSSR count). The van der Waals surface area contributed by atoms with Gasteiger partial charge in [0.15, 0.2) is 5.78 Å². The molecule has 28 heavy (non-hydrogen) atoms. The molecular formula is C21H19NO5S. The number of imide groups is 1. The Morgan fingerprint density at radius 2 is 1.57 bits per heavy atom. The number of carbonyl (C=O) groups is 4. The summed E-state index contributed by atoms with van der Waals surface area (Å²) >= 11 is 1.51. The number of rotatable bonds is 7. The zero-order valence-corrected chi connectivity index (χ0v) is 16.3. The number of nitrogens with zero attached hydrogens (tertiary/aromatic N) is 1. The Labute approximate surface area is 166 Å². The van der Waals surface area contributed by atoms with Gasteiger partial charge in [0.2, 0.25) is 0 Å². The predicted molar refractivity (Wildman–Crippen MR) is 106 cm³/mol. The normalized spacial score (nSPS) is 14.0. The van der Waals surface area contributed by atoms with E-state index in [2.05, 4.69) is 0 Å². The number of hydrogen-bond acceptors (Lipinski definition) is 6. The quantitative estimate of drug-likeness (QED) is 0.309. The summed E-state index contributed by atoms with van der Waals surface area (Å²) in [6.07, 6.45) is 2.17. The molecule has 1 aliphatic rings. The van der Waals surface area contributed by atoms with Crippen molar-refractivity contribution in [2.75, 3.05) is 12.0 Å². The Kier molecular flexibility index (Phi) is 5.94. The van der Waals surface area contributed by atoms with Crippen LogP contribution in [0.1, 0.15) is 44.4 Å². The zero-order chi connectivity index (χ0) is 20.3. The van der Waals surface area contributed by atoms with Crippen molar-refractivity contribution in [2.24, 2.45) is 0 Å². The molecule has 0 saturated heterocycles. The molecule has 0 bridgehead atoms. The van der Waals surface area contributed by atoms with E-state index in [1.807, 2.05) is 6.26 Å². The fourth-order valence-corrected chi connectivity index (χ4v) is 3.47. The Morgan fingerprint density at radius 1 is 1.00 bits per heavy atom. The van der Waals surface area contributed by atoms with E-state index < -0.39 is 23.8 Å². The number of fused-ring (bicyclic) bond motifs is 1. The molecule has 6 nitrogen and oxygen atoms in total. The van der Waals surface area contributed by atoms with Crippen molar-refractivity contribution >= 4 is 35.3 Å². The van der Waals surface area contributed by atoms with Gasteiger partial charge in [-0.25, -0.2) is 4.79 Å². The van der Waals surface area contributed by atoms with Crippen LogP contribution in [-0.2, 0) is 4.79 Å². The highest BCUT2D eigenvalue weighted by atomic mass is 32.2. The van der Waals surface area contributed by atoms with E-state index in [9.17, 15) is 19.2 Å². The molecule has 0 aliphatic carbocycles. The van der Waals surface area contributed by atoms with E-state index in [0.29, 0.717) is 22.4 Å². The lowest BCUT2D eigenvalue weighted by molar-refractivity contribution is -0.138. The van der Waals surface area contributed by atoms with Gasteiger partial charge in [-0.15, -0.1) is 0 Å². The maximum atomic E-state index is 12.8. The van der Waals surface area contributed by atoms with Crippen molar-refractivity contribution < 1.29 is 23.9 Å². The third-order valence-electron chi connectivity index (χ3n) is 4.48. The molecule has 2 amide bonds. The van der Waals surface area contributed by atoms with E-state index in [1.165, 1.54) is 30.8 Å². The molecule has 0 spiro atoms. The van der Waals surface area contributed by atoms with E-state index >= 15 is 0 Å². The van der Waals surface area contributed by atoms with E-state index in [0.717, 1.165) is 4.90 Å². The van der Waals surface area contributed by atoms with Gasteiger partial charge < -0.3 is 4.74 Å². The van der Waals surface area contributed by atoms with Gasteiger partial charge in [-0.3, -0.25) is 19.3 Å². The molecule has 1 atom stereocenters. The van der Waals surface area contributed by atoms with Gasteiger partial charge in [-0.05, 0) is 61.8 Å². The minimum atomic E-state index is -1.02. The molecule has 144 valence electrons. The molecule has 1 aliphatic heterocycles. The van der Waals surface area contributed by atoms with Crippen molar-refractivity contribution in [3.63, 3.8) is 0 Å². The molecule has 2 aromatic carbocycles. The Balaban J connectivity index is 1.84. The Hall–Kier alpha value is -2.93. The predicted octanol–water partition coefficient (Wildman–Crippen LogP) is 3.21. The third kappa shape index (κ3) is 3.84. The van der Waals surface area contributed by atoms with Gasteiger partial charge in [-0.2, -0.15) is 11.8 Å². The molecule has 0 aromatic heterocycles. The van der Waals surface area contributed by atoms with Crippen molar-refractivity contribution in [1.29, 1.82) is 0 Å². The van der Waals surface area contributed by atoms with Crippen LogP contribution in [0.2, 0.25) is 0 Å². The van der Waals surface area contributed by atoms with Crippen LogP contribution in [0.15, 0.2) is 48.5 Å². The van der Waals surface area contributed by atoms with E-state index in [1.54, 1.807) is 36.4 Å². The number of carbonyl (C=O) groups excluding carboxylic acids is 4. The first-order valence-electron chi connectivity index (χ1n) is 8.72. The highest BCUT2D eigenvalue weighted by Gasteiger charge is 2.43. The number of thioether (sulfide) groups is 1. The number of esters is 1. The summed E-state index contributed by atoms with van der Waals surface area (Å²) < 4.78 is 5.41. The van der Waals surface area contributed by atoms with Crippen molar-refractivity contribution in [1.82, 2.24) is 4.90 Å². The van der Waals surface area contributed by atoms with Crippen LogP contribution in [0, 0.1) is 0 Å². The van der Waals surface area contributed by atoms with Crippen LogP contribution in [0.25, 0.3) is 0 Å². The molecule has 0 N–H and O–H groups in total. The zero-order valence-electron chi connectivity index (χ0n) is 15.5. The average molecular weight is 397 g/mol. The summed E-state index contributed by atoms with van der Waals surface area (Å²) in [4.78, 5) is 50.7. The number of ketones is 1. The molecule has 0 radical (unpaired) electrons. The van der Waals surface area contributed by atoms with Crippen LogP contribution < -0.4 is 4.74 Å². The Morgan fingerprint density at radius 3 is 2.07 bits per heavy atom. The molecule has 2 aromatic rings. The smallest absolute Gasteiger partial charge is 0.334 e. The van der Waals surface area contributed by atoms with Crippen molar-refractivity contribution in [2.45, 2.75) is 19.4 Å². The molecular weight excluding hydrogens is 378 g/mol. The number of Topliss-reactive ketones (excluding diaryl/α,β-unsaturated/α-hetero) is 1. The highest BCUT2D eigenvalue weighted by molar-refractivity contribution is 7.98. The maximum absolute atomic E-state index is 12.8. The second kappa shape index (κ2) is 8.39. The largest absolute Gasteiger partial charge is 0.425 e. The first-order chi connectivity index (χ1) is 13.4. The summed E-state index contributed by atoms with van der Waals surface area (Å²) in [6, 6.07) is 11.6. The summed E-state index contributed by atoms with van der Waals surface area (Å²) in [5.74, 6) is -0.927. The fourth-order valence-electron chi connectivity index (χ4n) is 3.01. The first-order valence-corrected chi connectivity index (χ1v) is 10.1. The standard InChI is InChI=1S/C21H19NO5S/c1-13(23)14-7-9-15(10-8-14)27-21(26)18(11-12-28-2)22-19(24)16-5-3-4-6-17(16)20(22)25/h3-10,18H,11-12H2,1-2H3. The molecule has 0 saturated carbocycles. The second-order valence-corrected chi connectivity index (χ2v) is 7.31. The molecule has 1 unspecified atom stereocenters. The Bertz CT molecular complexity index is 903. The fraction of sp³-hybridized carbons (Fsp3) is 0.238. The molecule has 7 heteroatoms. The van der Waals surface area contributed by atoms with Crippen LogP contribution in [0.3, 0.4) is 0 Å².